The molecule has 0 amide bonds. The molecular weight excluding hydrogens is 434 g/mol. The Kier molecular flexibility index (Phi) is 5.84. The van der Waals surface area contributed by atoms with Gasteiger partial charge in [0, 0.05) is 44.9 Å². The molecular formula is C26H25N3OS2. The average Bonchev–Trinajstić information content (AvgIpc) is 3.20. The van der Waals surface area contributed by atoms with Gasteiger partial charge in [0.15, 0.2) is 5.16 Å². The SMILES string of the molecule is Cc1cc(C)nc(SCc2cc(-c3cccnc3)sc2-c2ccc(C3(O)CCC3)cc2)n1. The summed E-state index contributed by atoms with van der Waals surface area (Å²) in [6.07, 6.45) is 6.52. The first-order chi connectivity index (χ1) is 15.5. The van der Waals surface area contributed by atoms with Crippen LogP contribution in [0.4, 0.5) is 0 Å². The van der Waals surface area contributed by atoms with Gasteiger partial charge >= 0.3 is 0 Å². The van der Waals surface area contributed by atoms with Gasteiger partial charge in [0.2, 0.25) is 0 Å². The van der Waals surface area contributed by atoms with E-state index in [1.165, 1.54) is 20.9 Å². The van der Waals surface area contributed by atoms with Gasteiger partial charge in [-0.05, 0) is 68.0 Å². The van der Waals surface area contributed by atoms with E-state index in [4.69, 9.17) is 0 Å². The van der Waals surface area contributed by atoms with Crippen LogP contribution >= 0.6 is 23.1 Å². The highest BCUT2D eigenvalue weighted by molar-refractivity contribution is 7.98. The summed E-state index contributed by atoms with van der Waals surface area (Å²) in [5, 5.41) is 11.5. The van der Waals surface area contributed by atoms with Gasteiger partial charge in [-0.25, -0.2) is 9.97 Å². The maximum atomic E-state index is 10.7. The lowest BCUT2D eigenvalue weighted by Gasteiger charge is -2.37. The van der Waals surface area contributed by atoms with Crippen LogP contribution in [0.25, 0.3) is 20.9 Å². The number of aryl methyl sites for hydroxylation is 2. The number of thioether (sulfide) groups is 1. The van der Waals surface area contributed by atoms with Gasteiger partial charge < -0.3 is 5.11 Å². The number of hydrogen-bond donors (Lipinski definition) is 1. The van der Waals surface area contributed by atoms with Crippen LogP contribution in [0, 0.1) is 13.8 Å². The van der Waals surface area contributed by atoms with Gasteiger partial charge in [-0.1, -0.05) is 42.1 Å². The molecule has 1 aliphatic carbocycles. The van der Waals surface area contributed by atoms with Crippen molar-refractivity contribution in [3.05, 3.63) is 83.4 Å². The second-order valence-corrected chi connectivity index (χ2v) is 10.4. The van der Waals surface area contributed by atoms with E-state index in [9.17, 15) is 5.11 Å². The molecule has 0 atom stereocenters. The van der Waals surface area contributed by atoms with E-state index in [-0.39, 0.29) is 0 Å². The van der Waals surface area contributed by atoms with Crippen molar-refractivity contribution in [2.45, 2.75) is 49.6 Å². The first-order valence-corrected chi connectivity index (χ1v) is 12.6. The molecule has 0 unspecified atom stereocenters. The smallest absolute Gasteiger partial charge is 0.188 e. The summed E-state index contributed by atoms with van der Waals surface area (Å²) in [7, 11) is 0. The van der Waals surface area contributed by atoms with Crippen LogP contribution in [0.15, 0.2) is 66.1 Å². The zero-order valence-electron chi connectivity index (χ0n) is 18.2. The average molecular weight is 460 g/mol. The van der Waals surface area contributed by atoms with E-state index < -0.39 is 5.60 Å². The van der Waals surface area contributed by atoms with Crippen molar-refractivity contribution in [1.29, 1.82) is 0 Å². The minimum Gasteiger partial charge on any atom is -0.385 e. The van der Waals surface area contributed by atoms with Gasteiger partial charge in [0.05, 0.1) is 5.60 Å². The number of aromatic nitrogens is 3. The second kappa shape index (κ2) is 8.77. The Morgan fingerprint density at radius 3 is 2.38 bits per heavy atom. The summed E-state index contributed by atoms with van der Waals surface area (Å²) in [4.78, 5) is 15.9. The summed E-state index contributed by atoms with van der Waals surface area (Å²) in [6.45, 7) is 4.01. The van der Waals surface area contributed by atoms with Gasteiger partial charge in [0.25, 0.3) is 0 Å². The fourth-order valence-corrected chi connectivity index (χ4v) is 6.26. The topological polar surface area (TPSA) is 58.9 Å². The molecule has 0 bridgehead atoms. The highest BCUT2D eigenvalue weighted by atomic mass is 32.2. The molecule has 4 nitrogen and oxygen atoms in total. The summed E-state index contributed by atoms with van der Waals surface area (Å²) in [5.41, 5.74) is 5.94. The molecule has 1 aromatic carbocycles. The van der Waals surface area contributed by atoms with Crippen LogP contribution in [-0.4, -0.2) is 20.1 Å². The monoisotopic (exact) mass is 459 g/mol. The third-order valence-corrected chi connectivity index (χ3v) is 8.11. The lowest BCUT2D eigenvalue weighted by molar-refractivity contribution is -0.0387. The first-order valence-electron chi connectivity index (χ1n) is 10.8. The molecule has 3 heterocycles. The lowest BCUT2D eigenvalue weighted by atomic mass is 9.75. The van der Waals surface area contributed by atoms with Crippen LogP contribution in [0.2, 0.25) is 0 Å². The Labute approximate surface area is 196 Å². The minimum absolute atomic E-state index is 0.631. The molecule has 162 valence electrons. The van der Waals surface area contributed by atoms with Crippen LogP contribution in [0.1, 0.15) is 41.8 Å². The molecule has 4 aromatic rings. The van der Waals surface area contributed by atoms with E-state index >= 15 is 0 Å². The minimum atomic E-state index is -0.631. The van der Waals surface area contributed by atoms with Gasteiger partial charge in [-0.2, -0.15) is 0 Å². The number of rotatable bonds is 6. The van der Waals surface area contributed by atoms with Crippen LogP contribution in [0.3, 0.4) is 0 Å². The van der Waals surface area contributed by atoms with E-state index in [2.05, 4.69) is 51.4 Å². The number of hydrogen-bond acceptors (Lipinski definition) is 6. The maximum Gasteiger partial charge on any atom is 0.188 e. The fourth-order valence-electron chi connectivity index (χ4n) is 4.06. The van der Waals surface area contributed by atoms with Crippen molar-refractivity contribution in [1.82, 2.24) is 15.0 Å². The third kappa shape index (κ3) is 4.35. The summed E-state index contributed by atoms with van der Waals surface area (Å²) >= 11 is 3.45. The van der Waals surface area contributed by atoms with Crippen molar-refractivity contribution in [3.8, 4) is 20.9 Å². The number of pyridine rings is 1. The molecule has 1 saturated carbocycles. The Morgan fingerprint density at radius 2 is 1.75 bits per heavy atom. The van der Waals surface area contributed by atoms with Gasteiger partial charge in [0.1, 0.15) is 0 Å². The van der Waals surface area contributed by atoms with E-state index in [0.717, 1.165) is 52.7 Å². The standard InChI is InChI=1S/C26H25N3OS2/c1-17-13-18(2)29-25(28-17)31-16-21-14-23(20-5-3-12-27-15-20)32-24(21)19-6-8-22(9-7-19)26(30)10-4-11-26/h3,5-9,12-15,30H,4,10-11,16H2,1-2H3. The zero-order chi connectivity index (χ0) is 22.1. The predicted octanol–water partition coefficient (Wildman–Crippen LogP) is 6.55. The molecule has 0 radical (unpaired) electrons. The fraction of sp³-hybridized carbons (Fsp3) is 0.269. The molecule has 5 rings (SSSR count). The van der Waals surface area contributed by atoms with E-state index in [1.807, 2.05) is 32.2 Å². The van der Waals surface area contributed by atoms with Crippen molar-refractivity contribution in [2.75, 3.05) is 0 Å². The summed E-state index contributed by atoms with van der Waals surface area (Å²) in [5.74, 6) is 0.792. The largest absolute Gasteiger partial charge is 0.385 e. The number of nitrogens with zero attached hydrogens (tertiary/aromatic N) is 3. The summed E-state index contributed by atoms with van der Waals surface area (Å²) in [6, 6.07) is 16.8. The van der Waals surface area contributed by atoms with Crippen molar-refractivity contribution < 1.29 is 5.11 Å². The number of thiophene rings is 1. The molecule has 1 aliphatic rings. The van der Waals surface area contributed by atoms with Crippen LogP contribution in [-0.2, 0) is 11.4 Å². The molecule has 32 heavy (non-hydrogen) atoms. The van der Waals surface area contributed by atoms with Gasteiger partial charge in [-0.3, -0.25) is 4.98 Å². The molecule has 1 N–H and O–H groups in total. The number of aliphatic hydroxyl groups is 1. The van der Waals surface area contributed by atoms with Crippen molar-refractivity contribution in [3.63, 3.8) is 0 Å². The molecule has 0 spiro atoms. The molecule has 0 aliphatic heterocycles. The van der Waals surface area contributed by atoms with Crippen LogP contribution in [0.5, 0.6) is 0 Å². The first kappa shape index (κ1) is 21.3. The highest BCUT2D eigenvalue weighted by Crippen LogP contribution is 2.43. The lowest BCUT2D eigenvalue weighted by Crippen LogP contribution is -2.33. The third-order valence-electron chi connectivity index (χ3n) is 5.94. The Bertz CT molecular complexity index is 1210. The second-order valence-electron chi connectivity index (χ2n) is 8.39. The normalized spacial score (nSPS) is 14.8. The molecule has 1 fully saturated rings. The van der Waals surface area contributed by atoms with Crippen molar-refractivity contribution >= 4 is 23.1 Å². The van der Waals surface area contributed by atoms with Crippen molar-refractivity contribution in [2.24, 2.45) is 0 Å². The van der Waals surface area contributed by atoms with E-state index in [1.54, 1.807) is 29.3 Å². The molecule has 3 aromatic heterocycles. The summed E-state index contributed by atoms with van der Waals surface area (Å²) < 4.78 is 0. The number of benzene rings is 1. The van der Waals surface area contributed by atoms with E-state index in [0.29, 0.717) is 0 Å². The highest BCUT2D eigenvalue weighted by Gasteiger charge is 2.36. The predicted molar refractivity (Wildman–Crippen MR) is 132 cm³/mol. The van der Waals surface area contributed by atoms with Gasteiger partial charge in [-0.15, -0.1) is 11.3 Å². The Hall–Kier alpha value is -2.54. The quantitative estimate of drug-likeness (QED) is 0.262. The Balaban J connectivity index is 1.48. The molecule has 0 saturated heterocycles. The molecule has 6 heteroatoms. The maximum absolute atomic E-state index is 10.7. The van der Waals surface area contributed by atoms with Crippen LogP contribution < -0.4 is 0 Å². The Morgan fingerprint density at radius 1 is 1.00 bits per heavy atom. The zero-order valence-corrected chi connectivity index (χ0v) is 19.8.